The van der Waals surface area contributed by atoms with Gasteiger partial charge in [0.2, 0.25) is 0 Å². The number of rotatable bonds is 5. The number of amides is 1. The number of ether oxygens (including phenoxy) is 1. The highest BCUT2D eigenvalue weighted by atomic mass is 16.5. The average molecular weight is 359 g/mol. The lowest BCUT2D eigenvalue weighted by Crippen LogP contribution is -2.30. The maximum absolute atomic E-state index is 12.1. The van der Waals surface area contributed by atoms with Gasteiger partial charge in [-0.3, -0.25) is 0 Å². The third kappa shape index (κ3) is 3.57. The van der Waals surface area contributed by atoms with E-state index in [0.29, 0.717) is 0 Å². The Morgan fingerprint density at radius 3 is 2.07 bits per heavy atom. The fourth-order valence-electron chi connectivity index (χ4n) is 3.62. The van der Waals surface area contributed by atoms with Crippen LogP contribution in [0.5, 0.6) is 0 Å². The molecule has 0 heterocycles. The summed E-state index contributed by atoms with van der Waals surface area (Å²) in [6.45, 7) is 0.377. The zero-order valence-electron chi connectivity index (χ0n) is 14.8. The molecule has 4 heteroatoms. The third-order valence-electron chi connectivity index (χ3n) is 4.97. The molecule has 2 N–H and O–H groups in total. The molecule has 0 saturated heterocycles. The van der Waals surface area contributed by atoms with Gasteiger partial charge in [-0.05, 0) is 27.8 Å². The van der Waals surface area contributed by atoms with Crippen LogP contribution in [0, 0.1) is 0 Å². The van der Waals surface area contributed by atoms with Gasteiger partial charge in [0.1, 0.15) is 6.61 Å². The Labute approximate surface area is 158 Å². The molecule has 27 heavy (non-hydrogen) atoms. The minimum absolute atomic E-state index is 0.0298. The summed E-state index contributed by atoms with van der Waals surface area (Å²) in [5, 5.41) is 12.8. The molecule has 136 valence electrons. The highest BCUT2D eigenvalue weighted by molar-refractivity contribution is 5.79. The lowest BCUT2D eigenvalue weighted by molar-refractivity contribution is 0.128. The number of nitrogens with one attached hydrogen (secondary N) is 1. The van der Waals surface area contributed by atoms with E-state index in [-0.39, 0.29) is 19.1 Å². The summed E-state index contributed by atoms with van der Waals surface area (Å²) >= 11 is 0. The van der Waals surface area contributed by atoms with Crippen LogP contribution in [0.25, 0.3) is 11.1 Å². The van der Waals surface area contributed by atoms with Gasteiger partial charge in [-0.15, -0.1) is 0 Å². The molecule has 4 nitrogen and oxygen atoms in total. The van der Waals surface area contributed by atoms with Crippen molar-refractivity contribution in [2.75, 3.05) is 13.2 Å². The average Bonchev–Trinajstić information content (AvgIpc) is 3.05. The molecular formula is C23H21NO3. The van der Waals surface area contributed by atoms with E-state index >= 15 is 0 Å². The highest BCUT2D eigenvalue weighted by Crippen LogP contribution is 2.44. The van der Waals surface area contributed by atoms with Gasteiger partial charge in [0.05, 0.1) is 12.6 Å². The minimum Gasteiger partial charge on any atom is -0.449 e. The van der Waals surface area contributed by atoms with Crippen LogP contribution >= 0.6 is 0 Å². The van der Waals surface area contributed by atoms with Gasteiger partial charge in [-0.2, -0.15) is 0 Å². The predicted molar refractivity (Wildman–Crippen MR) is 104 cm³/mol. The van der Waals surface area contributed by atoms with Crippen LogP contribution in [0.2, 0.25) is 0 Å². The van der Waals surface area contributed by atoms with Crippen molar-refractivity contribution in [2.24, 2.45) is 0 Å². The fraction of sp³-hybridized carbons (Fsp3) is 0.174. The van der Waals surface area contributed by atoms with Crippen LogP contribution in [0.4, 0.5) is 4.79 Å². The summed E-state index contributed by atoms with van der Waals surface area (Å²) in [4.78, 5) is 12.1. The highest BCUT2D eigenvalue weighted by Gasteiger charge is 2.29. The molecule has 4 rings (SSSR count). The van der Waals surface area contributed by atoms with E-state index in [1.165, 1.54) is 22.3 Å². The standard InChI is InChI=1S/C23H21NO3/c25-22(16-8-2-1-3-9-16)14-24-23(26)27-15-21-19-12-6-4-10-17(19)18-11-5-7-13-20(18)21/h1-13,21-22,25H,14-15H2,(H,24,26)/t22-/m1/s1. The van der Waals surface area contributed by atoms with Crippen LogP contribution < -0.4 is 5.32 Å². The van der Waals surface area contributed by atoms with Crippen molar-refractivity contribution in [3.8, 4) is 11.1 Å². The first-order valence-corrected chi connectivity index (χ1v) is 9.06. The van der Waals surface area contributed by atoms with E-state index < -0.39 is 12.2 Å². The third-order valence-corrected chi connectivity index (χ3v) is 4.97. The summed E-state index contributed by atoms with van der Waals surface area (Å²) in [6, 6.07) is 25.7. The molecule has 0 spiro atoms. The largest absolute Gasteiger partial charge is 0.449 e. The van der Waals surface area contributed by atoms with Crippen LogP contribution in [0.3, 0.4) is 0 Å². The Morgan fingerprint density at radius 1 is 0.889 bits per heavy atom. The van der Waals surface area contributed by atoms with Gasteiger partial charge in [-0.25, -0.2) is 4.79 Å². The minimum atomic E-state index is -0.758. The van der Waals surface area contributed by atoms with Gasteiger partial charge in [-0.1, -0.05) is 78.9 Å². The number of hydrogen-bond acceptors (Lipinski definition) is 3. The molecule has 1 aliphatic rings. The second kappa shape index (κ2) is 7.64. The molecule has 0 bridgehead atoms. The summed E-state index contributed by atoms with van der Waals surface area (Å²) in [6.07, 6.45) is -1.28. The summed E-state index contributed by atoms with van der Waals surface area (Å²) in [7, 11) is 0. The van der Waals surface area contributed by atoms with Crippen molar-refractivity contribution in [3.63, 3.8) is 0 Å². The smallest absolute Gasteiger partial charge is 0.407 e. The van der Waals surface area contributed by atoms with E-state index in [1.807, 2.05) is 54.6 Å². The molecule has 1 amide bonds. The second-order valence-electron chi connectivity index (χ2n) is 6.63. The molecule has 0 aliphatic heterocycles. The molecule has 3 aromatic carbocycles. The van der Waals surface area contributed by atoms with Gasteiger partial charge < -0.3 is 15.2 Å². The molecule has 0 radical (unpaired) electrons. The fourth-order valence-corrected chi connectivity index (χ4v) is 3.62. The van der Waals surface area contributed by atoms with Crippen molar-refractivity contribution in [3.05, 3.63) is 95.6 Å². The molecule has 0 fully saturated rings. The first-order valence-electron chi connectivity index (χ1n) is 9.06. The Hall–Kier alpha value is -3.11. The maximum Gasteiger partial charge on any atom is 0.407 e. The lowest BCUT2D eigenvalue weighted by atomic mass is 9.98. The lowest BCUT2D eigenvalue weighted by Gasteiger charge is -2.16. The SMILES string of the molecule is O=C(NC[C@@H](O)c1ccccc1)OCC1c2ccccc2-c2ccccc21. The van der Waals surface area contributed by atoms with Crippen molar-refractivity contribution >= 4 is 6.09 Å². The van der Waals surface area contributed by atoms with E-state index in [0.717, 1.165) is 5.56 Å². The summed E-state index contributed by atoms with van der Waals surface area (Å²) in [5.41, 5.74) is 5.51. The second-order valence-corrected chi connectivity index (χ2v) is 6.63. The quantitative estimate of drug-likeness (QED) is 0.716. The number of carbonyl (C=O) groups excluding carboxylic acids is 1. The van der Waals surface area contributed by atoms with E-state index in [1.54, 1.807) is 0 Å². The molecule has 3 aromatic rings. The van der Waals surface area contributed by atoms with Gasteiger partial charge >= 0.3 is 6.09 Å². The molecule has 1 atom stereocenters. The zero-order chi connectivity index (χ0) is 18.6. The van der Waals surface area contributed by atoms with E-state index in [2.05, 4.69) is 29.6 Å². The Bertz CT molecular complexity index is 894. The van der Waals surface area contributed by atoms with Crippen molar-refractivity contribution in [1.29, 1.82) is 0 Å². The predicted octanol–water partition coefficient (Wildman–Crippen LogP) is 4.26. The van der Waals surface area contributed by atoms with Crippen LogP contribution in [0.1, 0.15) is 28.7 Å². The van der Waals surface area contributed by atoms with Crippen LogP contribution in [-0.4, -0.2) is 24.4 Å². The van der Waals surface area contributed by atoms with Crippen LogP contribution in [-0.2, 0) is 4.74 Å². The molecule has 0 saturated carbocycles. The summed E-state index contributed by atoms with van der Waals surface area (Å²) in [5.74, 6) is 0.0298. The Balaban J connectivity index is 1.38. The normalized spacial score (nSPS) is 13.5. The van der Waals surface area contributed by atoms with Crippen molar-refractivity contribution in [2.45, 2.75) is 12.0 Å². The number of aliphatic hydroxyl groups is 1. The molecule has 0 unspecified atom stereocenters. The maximum atomic E-state index is 12.1. The van der Waals surface area contributed by atoms with Gasteiger partial charge in [0.15, 0.2) is 0 Å². The first kappa shape index (κ1) is 17.3. The Kier molecular flexibility index (Phi) is 4.90. The number of hydrogen-bond donors (Lipinski definition) is 2. The van der Waals surface area contributed by atoms with Crippen LogP contribution in [0.15, 0.2) is 78.9 Å². The van der Waals surface area contributed by atoms with E-state index in [9.17, 15) is 9.90 Å². The molecule has 1 aliphatic carbocycles. The Morgan fingerprint density at radius 2 is 1.44 bits per heavy atom. The van der Waals surface area contributed by atoms with Gasteiger partial charge in [0, 0.05) is 5.92 Å². The van der Waals surface area contributed by atoms with Crippen molar-refractivity contribution < 1.29 is 14.6 Å². The van der Waals surface area contributed by atoms with E-state index in [4.69, 9.17) is 4.74 Å². The van der Waals surface area contributed by atoms with Crippen molar-refractivity contribution in [1.82, 2.24) is 5.32 Å². The monoisotopic (exact) mass is 359 g/mol. The number of aliphatic hydroxyl groups excluding tert-OH is 1. The molecular weight excluding hydrogens is 338 g/mol. The zero-order valence-corrected chi connectivity index (χ0v) is 14.8. The first-order chi connectivity index (χ1) is 13.2. The number of fused-ring (bicyclic) bond motifs is 3. The number of benzene rings is 3. The molecule has 0 aromatic heterocycles. The topological polar surface area (TPSA) is 58.6 Å². The van der Waals surface area contributed by atoms with Gasteiger partial charge in [0.25, 0.3) is 0 Å². The summed E-state index contributed by atoms with van der Waals surface area (Å²) < 4.78 is 5.46. The number of carbonyl (C=O) groups is 1. The number of alkyl carbamates (subject to hydrolysis) is 1.